The highest BCUT2D eigenvalue weighted by Gasteiger charge is 2.27. The van der Waals surface area contributed by atoms with Crippen LogP contribution in [0.25, 0.3) is 0 Å². The van der Waals surface area contributed by atoms with E-state index in [1.807, 2.05) is 6.07 Å². The molecule has 0 bridgehead atoms. The average Bonchev–Trinajstić information content (AvgIpc) is 3.17. The van der Waals surface area contributed by atoms with Gasteiger partial charge in [0.1, 0.15) is 6.07 Å². The van der Waals surface area contributed by atoms with E-state index in [9.17, 15) is 16.8 Å². The van der Waals surface area contributed by atoms with Gasteiger partial charge in [0, 0.05) is 13.1 Å². The normalized spacial score (nSPS) is 15.5. The fourth-order valence-corrected chi connectivity index (χ4v) is 5.34. The van der Waals surface area contributed by atoms with Crippen LogP contribution in [-0.2, 0) is 20.0 Å². The number of sulfonamides is 2. The number of rotatable bonds is 5. The van der Waals surface area contributed by atoms with E-state index in [0.29, 0.717) is 13.1 Å². The monoisotopic (exact) mass is 391 g/mol. The molecular formula is C17H17N3O4S2. The Labute approximate surface area is 153 Å². The van der Waals surface area contributed by atoms with Gasteiger partial charge in [0.15, 0.2) is 0 Å². The fraction of sp³-hybridized carbons (Fsp3) is 0.235. The van der Waals surface area contributed by atoms with Crippen molar-refractivity contribution in [2.45, 2.75) is 22.6 Å². The van der Waals surface area contributed by atoms with E-state index in [1.165, 1.54) is 40.7 Å². The summed E-state index contributed by atoms with van der Waals surface area (Å²) in [4.78, 5) is -0.0126. The Balaban J connectivity index is 1.87. The zero-order chi connectivity index (χ0) is 18.8. The quantitative estimate of drug-likeness (QED) is 0.840. The van der Waals surface area contributed by atoms with Crippen molar-refractivity contribution >= 4 is 25.7 Å². The maximum Gasteiger partial charge on any atom is 0.261 e. The first-order valence-corrected chi connectivity index (χ1v) is 10.9. The predicted octanol–water partition coefficient (Wildman–Crippen LogP) is 2.14. The number of hydrogen-bond donors (Lipinski definition) is 1. The van der Waals surface area contributed by atoms with Gasteiger partial charge >= 0.3 is 0 Å². The van der Waals surface area contributed by atoms with Crippen LogP contribution in [0.1, 0.15) is 18.4 Å². The SMILES string of the molecule is N#Cc1ccccc1NS(=O)(=O)c1ccc(S(=O)(=O)N2CCCC2)cc1. The lowest BCUT2D eigenvalue weighted by atomic mass is 10.2. The number of hydrogen-bond acceptors (Lipinski definition) is 5. The molecule has 0 aliphatic carbocycles. The molecule has 1 N–H and O–H groups in total. The third-order valence-electron chi connectivity index (χ3n) is 4.13. The van der Waals surface area contributed by atoms with E-state index in [-0.39, 0.29) is 21.0 Å². The van der Waals surface area contributed by atoms with Gasteiger partial charge in [-0.1, -0.05) is 12.1 Å². The summed E-state index contributed by atoms with van der Waals surface area (Å²) in [6, 6.07) is 13.2. The average molecular weight is 391 g/mol. The Morgan fingerprint density at radius 3 is 2.08 bits per heavy atom. The maximum absolute atomic E-state index is 12.5. The second kappa shape index (κ2) is 7.07. The van der Waals surface area contributed by atoms with Crippen molar-refractivity contribution in [1.29, 1.82) is 5.26 Å². The molecule has 1 heterocycles. The molecule has 1 saturated heterocycles. The standard InChI is InChI=1S/C17H17N3O4S2/c18-13-14-5-1-2-6-17(14)19-25(21,22)15-7-9-16(10-8-15)26(23,24)20-11-3-4-12-20/h1-2,5-10,19H,3-4,11-12H2. The fourth-order valence-electron chi connectivity index (χ4n) is 2.74. The Kier molecular flexibility index (Phi) is 5.00. The van der Waals surface area contributed by atoms with Crippen molar-refractivity contribution < 1.29 is 16.8 Å². The Bertz CT molecular complexity index is 1050. The van der Waals surface area contributed by atoms with Gasteiger partial charge in [-0.25, -0.2) is 16.8 Å². The highest BCUT2D eigenvalue weighted by molar-refractivity contribution is 7.92. The first-order chi connectivity index (χ1) is 12.3. The number of para-hydroxylation sites is 1. The summed E-state index contributed by atoms with van der Waals surface area (Å²) in [6.45, 7) is 0.962. The highest BCUT2D eigenvalue weighted by Crippen LogP contribution is 2.24. The van der Waals surface area contributed by atoms with E-state index >= 15 is 0 Å². The van der Waals surface area contributed by atoms with E-state index in [0.717, 1.165) is 12.8 Å². The zero-order valence-corrected chi connectivity index (χ0v) is 15.4. The second-order valence-corrected chi connectivity index (χ2v) is 9.47. The summed E-state index contributed by atoms with van der Waals surface area (Å²) in [5.74, 6) is 0. The van der Waals surface area contributed by atoms with Crippen LogP contribution in [0.15, 0.2) is 58.3 Å². The van der Waals surface area contributed by atoms with Crippen LogP contribution < -0.4 is 4.72 Å². The molecule has 0 saturated carbocycles. The Morgan fingerprint density at radius 1 is 0.885 bits per heavy atom. The molecule has 0 radical (unpaired) electrons. The van der Waals surface area contributed by atoms with E-state index in [2.05, 4.69) is 4.72 Å². The first-order valence-electron chi connectivity index (χ1n) is 7.97. The molecule has 0 spiro atoms. The molecular weight excluding hydrogens is 374 g/mol. The second-order valence-electron chi connectivity index (χ2n) is 5.85. The van der Waals surface area contributed by atoms with Crippen molar-refractivity contribution in [2.75, 3.05) is 17.8 Å². The molecule has 7 nitrogen and oxygen atoms in total. The summed E-state index contributed by atoms with van der Waals surface area (Å²) < 4.78 is 53.8. The van der Waals surface area contributed by atoms with Gasteiger partial charge in [-0.3, -0.25) is 4.72 Å². The summed E-state index contributed by atoms with van der Waals surface area (Å²) >= 11 is 0. The van der Waals surface area contributed by atoms with Crippen molar-refractivity contribution in [3.8, 4) is 6.07 Å². The van der Waals surface area contributed by atoms with Crippen molar-refractivity contribution in [2.24, 2.45) is 0 Å². The molecule has 1 aliphatic heterocycles. The molecule has 9 heteroatoms. The molecule has 1 fully saturated rings. The van der Waals surface area contributed by atoms with Gasteiger partial charge in [-0.2, -0.15) is 9.57 Å². The number of benzene rings is 2. The third-order valence-corrected chi connectivity index (χ3v) is 7.42. The minimum Gasteiger partial charge on any atom is -0.278 e. The summed E-state index contributed by atoms with van der Waals surface area (Å²) in [5, 5.41) is 9.06. The van der Waals surface area contributed by atoms with Gasteiger partial charge in [-0.05, 0) is 49.2 Å². The van der Waals surface area contributed by atoms with Crippen molar-refractivity contribution in [3.05, 3.63) is 54.1 Å². The smallest absolute Gasteiger partial charge is 0.261 e. The van der Waals surface area contributed by atoms with Crippen LogP contribution in [0, 0.1) is 11.3 Å². The molecule has 26 heavy (non-hydrogen) atoms. The van der Waals surface area contributed by atoms with Gasteiger partial charge in [-0.15, -0.1) is 0 Å². The summed E-state index contributed by atoms with van der Waals surface area (Å²) in [7, 11) is -7.53. The van der Waals surface area contributed by atoms with Crippen LogP contribution in [-0.4, -0.2) is 34.2 Å². The van der Waals surface area contributed by atoms with Crippen molar-refractivity contribution in [1.82, 2.24) is 4.31 Å². The molecule has 3 rings (SSSR count). The van der Waals surface area contributed by atoms with Gasteiger partial charge in [0.25, 0.3) is 10.0 Å². The number of nitrogens with zero attached hydrogens (tertiary/aromatic N) is 2. The molecule has 136 valence electrons. The molecule has 0 unspecified atom stereocenters. The molecule has 2 aromatic rings. The minimum absolute atomic E-state index is 0.0655. The largest absolute Gasteiger partial charge is 0.278 e. The lowest BCUT2D eigenvalue weighted by molar-refractivity contribution is 0.477. The maximum atomic E-state index is 12.5. The Morgan fingerprint density at radius 2 is 1.46 bits per heavy atom. The van der Waals surface area contributed by atoms with E-state index in [4.69, 9.17) is 5.26 Å². The van der Waals surface area contributed by atoms with Gasteiger partial charge in [0.2, 0.25) is 10.0 Å². The Hall–Kier alpha value is -2.41. The number of anilines is 1. The first kappa shape index (κ1) is 18.4. The number of nitrogens with one attached hydrogen (secondary N) is 1. The van der Waals surface area contributed by atoms with Crippen molar-refractivity contribution in [3.63, 3.8) is 0 Å². The molecule has 0 amide bonds. The highest BCUT2D eigenvalue weighted by atomic mass is 32.2. The molecule has 2 aromatic carbocycles. The molecule has 1 aliphatic rings. The van der Waals surface area contributed by atoms with Crippen LogP contribution >= 0.6 is 0 Å². The predicted molar refractivity (Wildman–Crippen MR) is 96.4 cm³/mol. The van der Waals surface area contributed by atoms with Gasteiger partial charge in [0.05, 0.1) is 21.0 Å². The van der Waals surface area contributed by atoms with E-state index < -0.39 is 20.0 Å². The zero-order valence-electron chi connectivity index (χ0n) is 13.8. The number of nitriles is 1. The summed E-state index contributed by atoms with van der Waals surface area (Å²) in [5.41, 5.74) is 0.369. The third kappa shape index (κ3) is 3.58. The van der Waals surface area contributed by atoms with Crippen LogP contribution in [0.4, 0.5) is 5.69 Å². The molecule has 0 aromatic heterocycles. The lowest BCUT2D eigenvalue weighted by Crippen LogP contribution is -2.27. The molecule has 0 atom stereocenters. The van der Waals surface area contributed by atoms with E-state index in [1.54, 1.807) is 12.1 Å². The van der Waals surface area contributed by atoms with Crippen LogP contribution in [0.3, 0.4) is 0 Å². The van der Waals surface area contributed by atoms with Crippen LogP contribution in [0.5, 0.6) is 0 Å². The lowest BCUT2D eigenvalue weighted by Gasteiger charge is -2.16. The van der Waals surface area contributed by atoms with Crippen LogP contribution in [0.2, 0.25) is 0 Å². The topological polar surface area (TPSA) is 107 Å². The van der Waals surface area contributed by atoms with Gasteiger partial charge < -0.3 is 0 Å². The minimum atomic E-state index is -3.94. The summed E-state index contributed by atoms with van der Waals surface area (Å²) in [6.07, 6.45) is 1.65.